The lowest BCUT2D eigenvalue weighted by Gasteiger charge is -2.38. The van der Waals surface area contributed by atoms with Crippen molar-refractivity contribution in [2.45, 2.75) is 59.5 Å². The average Bonchev–Trinajstić information content (AvgIpc) is 3.53. The number of aryl methyl sites for hydroxylation is 1. The van der Waals surface area contributed by atoms with Crippen molar-refractivity contribution in [1.29, 1.82) is 0 Å². The molecule has 10 heteroatoms. The molecule has 0 aromatic carbocycles. The van der Waals surface area contributed by atoms with E-state index in [1.54, 1.807) is 31.0 Å². The van der Waals surface area contributed by atoms with Crippen LogP contribution in [0, 0.1) is 12.8 Å². The first kappa shape index (κ1) is 29.6. The van der Waals surface area contributed by atoms with E-state index in [2.05, 4.69) is 50.9 Å². The van der Waals surface area contributed by atoms with Crippen molar-refractivity contribution in [1.82, 2.24) is 30.2 Å². The van der Waals surface area contributed by atoms with Gasteiger partial charge >= 0.3 is 0 Å². The third-order valence-electron chi connectivity index (χ3n) is 6.08. The van der Waals surface area contributed by atoms with Gasteiger partial charge in [-0.05, 0) is 51.3 Å². The number of hydrogen-bond acceptors (Lipinski definition) is 9. The molecule has 0 unspecified atom stereocenters. The molecule has 5 rings (SSSR count). The summed E-state index contributed by atoms with van der Waals surface area (Å²) in [7, 11) is 0. The number of ether oxygens (including phenoxy) is 2. The number of morpholine rings is 1. The van der Waals surface area contributed by atoms with Gasteiger partial charge in [0.2, 0.25) is 5.88 Å². The number of rotatable bonds is 7. The fraction of sp³-hybridized carbons (Fsp3) is 0.536. The van der Waals surface area contributed by atoms with Gasteiger partial charge in [0.05, 0.1) is 37.1 Å². The van der Waals surface area contributed by atoms with Gasteiger partial charge in [-0.2, -0.15) is 0 Å². The molecule has 3 aromatic heterocycles. The number of pyridine rings is 1. The zero-order chi connectivity index (χ0) is 27.3. The zero-order valence-corrected chi connectivity index (χ0v) is 23.9. The van der Waals surface area contributed by atoms with Crippen LogP contribution in [0.2, 0.25) is 0 Å². The second-order valence-electron chi connectivity index (χ2n) is 9.64. The summed E-state index contributed by atoms with van der Waals surface area (Å²) >= 11 is 1.29. The van der Waals surface area contributed by atoms with Crippen LogP contribution in [-0.4, -0.2) is 75.7 Å². The minimum Gasteiger partial charge on any atom is -0.477 e. The highest BCUT2D eigenvalue weighted by molar-refractivity contribution is 7.16. The fourth-order valence-electron chi connectivity index (χ4n) is 3.62. The predicted molar refractivity (Wildman–Crippen MR) is 155 cm³/mol. The Hall–Kier alpha value is -2.95. The molecule has 0 bridgehead atoms. The molecule has 2 fully saturated rings. The number of thiazole rings is 1. The number of carbonyl (C=O) groups is 1. The summed E-state index contributed by atoms with van der Waals surface area (Å²) in [5.74, 6) is 1.37. The quantitative estimate of drug-likeness (QED) is 0.436. The van der Waals surface area contributed by atoms with Gasteiger partial charge in [0.25, 0.3) is 5.91 Å². The van der Waals surface area contributed by atoms with Crippen LogP contribution in [0.5, 0.6) is 5.88 Å². The first-order chi connectivity index (χ1) is 18.4. The van der Waals surface area contributed by atoms with Gasteiger partial charge in [-0.15, -0.1) is 11.3 Å². The number of amides is 1. The first-order valence-corrected chi connectivity index (χ1v) is 14.1. The van der Waals surface area contributed by atoms with Gasteiger partial charge in [0, 0.05) is 46.6 Å². The molecular weight excluding hydrogens is 500 g/mol. The maximum Gasteiger partial charge on any atom is 0.280 e. The smallest absolute Gasteiger partial charge is 0.280 e. The van der Waals surface area contributed by atoms with Crippen molar-refractivity contribution in [3.63, 3.8) is 0 Å². The summed E-state index contributed by atoms with van der Waals surface area (Å²) < 4.78 is 10.9. The van der Waals surface area contributed by atoms with Crippen LogP contribution in [0.15, 0.2) is 43.1 Å². The Balaban J connectivity index is 0.000000511. The predicted octanol–water partition coefficient (Wildman–Crippen LogP) is 5.14. The lowest BCUT2D eigenvalue weighted by molar-refractivity contribution is -0.0355. The summed E-state index contributed by atoms with van der Waals surface area (Å²) in [5, 5.41) is 3.36. The largest absolute Gasteiger partial charge is 0.477 e. The third kappa shape index (κ3) is 10.1. The van der Waals surface area contributed by atoms with E-state index in [-0.39, 0.29) is 8.76 Å². The molecule has 2 atom stereocenters. The minimum atomic E-state index is -0.172. The van der Waals surface area contributed by atoms with Gasteiger partial charge in [-0.1, -0.05) is 19.8 Å². The number of nitrogens with zero attached hydrogens (tertiary/aromatic N) is 5. The van der Waals surface area contributed by atoms with Crippen molar-refractivity contribution >= 4 is 17.2 Å². The highest BCUT2D eigenvalue weighted by atomic mass is 32.1. The van der Waals surface area contributed by atoms with Crippen LogP contribution in [-0.2, 0) is 4.74 Å². The van der Waals surface area contributed by atoms with Gasteiger partial charge in [0.15, 0.2) is 5.01 Å². The van der Waals surface area contributed by atoms with Gasteiger partial charge in [-0.3, -0.25) is 19.7 Å². The Morgan fingerprint density at radius 2 is 1.82 bits per heavy atom. The Labute approximate surface area is 233 Å². The van der Waals surface area contributed by atoms with Crippen LogP contribution in [0.1, 0.15) is 58.8 Å². The van der Waals surface area contributed by atoms with E-state index in [4.69, 9.17) is 9.47 Å². The summed E-state index contributed by atoms with van der Waals surface area (Å²) in [6.07, 6.45) is 11.4. The molecule has 3 aromatic rings. The van der Waals surface area contributed by atoms with Gasteiger partial charge in [0.1, 0.15) is 5.69 Å². The Morgan fingerprint density at radius 3 is 2.39 bits per heavy atom. The molecule has 1 saturated carbocycles. The van der Waals surface area contributed by atoms with Gasteiger partial charge in [-0.25, -0.2) is 9.97 Å². The minimum absolute atomic E-state index is 0. The van der Waals surface area contributed by atoms with E-state index in [9.17, 15) is 4.79 Å². The van der Waals surface area contributed by atoms with E-state index in [0.717, 1.165) is 30.6 Å². The highest BCUT2D eigenvalue weighted by Crippen LogP contribution is 2.27. The monoisotopic (exact) mass is 544 g/mol. The normalized spacial score (nSPS) is 18.9. The number of nitrogens with one attached hydrogen (secondary N) is 1. The van der Waals surface area contributed by atoms with Crippen LogP contribution in [0.3, 0.4) is 0 Å². The second kappa shape index (κ2) is 15.5. The molecule has 1 N–H and O–H groups in total. The molecule has 210 valence electrons. The lowest BCUT2D eigenvalue weighted by atomic mass is 10.2. The molecule has 2 aliphatic rings. The molecule has 38 heavy (non-hydrogen) atoms. The van der Waals surface area contributed by atoms with Crippen molar-refractivity contribution in [2.75, 3.05) is 32.9 Å². The van der Waals surface area contributed by atoms with E-state index in [1.165, 1.54) is 29.7 Å². The highest BCUT2D eigenvalue weighted by Gasteiger charge is 2.25. The third-order valence-corrected chi connectivity index (χ3v) is 7.09. The Kier molecular flexibility index (Phi) is 12.0. The van der Waals surface area contributed by atoms with E-state index < -0.39 is 0 Å². The topological polar surface area (TPSA) is 102 Å². The SMILES string of the molecule is CC1CC1.CCOc1cncc(-c2cnc(C(=O)NCCN3[C@H](C)COC[C@@H]3C)s2)n1.Cc1ccncc1.[HH].[HH]. The zero-order valence-electron chi connectivity index (χ0n) is 23.1. The molecule has 9 nitrogen and oxygen atoms in total. The lowest BCUT2D eigenvalue weighted by Crippen LogP contribution is -2.51. The van der Waals surface area contributed by atoms with Crippen LogP contribution in [0.25, 0.3) is 10.6 Å². The molecule has 0 spiro atoms. The molecular formula is C28H44N6O3S. The fourth-order valence-corrected chi connectivity index (χ4v) is 4.41. The summed E-state index contributed by atoms with van der Waals surface area (Å²) in [6, 6.07) is 4.65. The number of aromatic nitrogens is 4. The maximum atomic E-state index is 12.4. The Bertz CT molecular complexity index is 1110. The summed E-state index contributed by atoms with van der Waals surface area (Å²) in [4.78, 5) is 32.1. The van der Waals surface area contributed by atoms with Crippen molar-refractivity contribution in [2.24, 2.45) is 5.92 Å². The van der Waals surface area contributed by atoms with E-state index in [0.29, 0.717) is 41.8 Å². The molecule has 1 amide bonds. The average molecular weight is 545 g/mol. The van der Waals surface area contributed by atoms with Crippen molar-refractivity contribution in [3.05, 3.63) is 53.7 Å². The summed E-state index contributed by atoms with van der Waals surface area (Å²) in [6.45, 7) is 13.8. The first-order valence-electron chi connectivity index (χ1n) is 13.3. The number of hydrogen-bond donors (Lipinski definition) is 1. The van der Waals surface area contributed by atoms with Crippen LogP contribution < -0.4 is 10.1 Å². The van der Waals surface area contributed by atoms with Crippen molar-refractivity contribution < 1.29 is 17.1 Å². The molecule has 4 heterocycles. The second-order valence-corrected chi connectivity index (χ2v) is 10.7. The van der Waals surface area contributed by atoms with Crippen LogP contribution in [0.4, 0.5) is 0 Å². The summed E-state index contributed by atoms with van der Waals surface area (Å²) in [5.41, 5.74) is 1.91. The van der Waals surface area contributed by atoms with Crippen LogP contribution >= 0.6 is 11.3 Å². The van der Waals surface area contributed by atoms with E-state index >= 15 is 0 Å². The number of carbonyl (C=O) groups excluding carboxylic acids is 1. The maximum absolute atomic E-state index is 12.4. The van der Waals surface area contributed by atoms with Crippen molar-refractivity contribution in [3.8, 4) is 16.5 Å². The molecule has 0 radical (unpaired) electrons. The van der Waals surface area contributed by atoms with Gasteiger partial charge < -0.3 is 14.8 Å². The molecule has 1 aliphatic carbocycles. The molecule has 1 aliphatic heterocycles. The van der Waals surface area contributed by atoms with E-state index in [1.807, 2.05) is 26.0 Å². The Morgan fingerprint density at radius 1 is 1.13 bits per heavy atom. The standard InChI is InChI=1S/C18H25N5O3S.C6H7N.C4H8.2H2/c1-4-26-16-9-19-7-14(22-16)15-8-21-18(27-15)17(24)20-5-6-23-12(2)10-25-11-13(23)3;1-6-2-4-7-5-3-6;1-4-2-3-4;;/h7-9,12-13H,4-6,10-11H2,1-3H3,(H,20,24);2-5H,1H3;4H,2-3H2,1H3;2*1H/t12-,13+;;;;. The molecule has 1 saturated heterocycles.